The number of aromatic nitrogens is 2. The minimum absolute atomic E-state index is 0.0157. The molecule has 1 fully saturated rings. The molecule has 150 valence electrons. The van der Waals surface area contributed by atoms with E-state index in [1.165, 1.54) is 0 Å². The van der Waals surface area contributed by atoms with Crippen molar-refractivity contribution < 1.29 is 14.3 Å². The van der Waals surface area contributed by atoms with Crippen LogP contribution in [0.4, 0.5) is 4.79 Å². The number of benzene rings is 1. The number of amides is 2. The summed E-state index contributed by atoms with van der Waals surface area (Å²) in [5.74, 6) is -0.0474. The molecule has 7 heteroatoms. The summed E-state index contributed by atoms with van der Waals surface area (Å²) < 4.78 is 7.18. The van der Waals surface area contributed by atoms with Gasteiger partial charge in [-0.3, -0.25) is 9.48 Å². The van der Waals surface area contributed by atoms with Crippen LogP contribution in [0.15, 0.2) is 36.7 Å². The van der Waals surface area contributed by atoms with E-state index in [-0.39, 0.29) is 18.0 Å². The number of hydrogen-bond donors (Lipinski definition) is 0. The molecule has 0 unspecified atom stereocenters. The maximum Gasteiger partial charge on any atom is 0.410 e. The third-order valence-electron chi connectivity index (χ3n) is 4.85. The van der Waals surface area contributed by atoms with Crippen molar-refractivity contribution in [2.75, 3.05) is 20.1 Å². The Labute approximate surface area is 165 Å². The molecule has 0 radical (unpaired) electrons. The van der Waals surface area contributed by atoms with Gasteiger partial charge in [-0.15, -0.1) is 0 Å². The van der Waals surface area contributed by atoms with Gasteiger partial charge in [-0.1, -0.05) is 12.1 Å². The molecule has 2 heterocycles. The summed E-state index contributed by atoms with van der Waals surface area (Å²) in [4.78, 5) is 28.5. The Bertz CT molecular complexity index is 851. The molecule has 0 saturated carbocycles. The molecule has 7 nitrogen and oxygen atoms in total. The summed E-state index contributed by atoms with van der Waals surface area (Å²) in [7, 11) is 3.67. The fourth-order valence-electron chi connectivity index (χ4n) is 3.30. The Morgan fingerprint density at radius 3 is 2.43 bits per heavy atom. The van der Waals surface area contributed by atoms with E-state index in [9.17, 15) is 9.59 Å². The number of nitrogens with zero attached hydrogens (tertiary/aromatic N) is 4. The molecule has 1 aliphatic heterocycles. The average molecular weight is 384 g/mol. The predicted molar refractivity (Wildman–Crippen MR) is 107 cm³/mol. The topological polar surface area (TPSA) is 67.7 Å². The van der Waals surface area contributed by atoms with E-state index < -0.39 is 5.60 Å². The van der Waals surface area contributed by atoms with Crippen LogP contribution in [0.25, 0.3) is 11.1 Å². The minimum atomic E-state index is -0.521. The fraction of sp³-hybridized carbons (Fsp3) is 0.476. The highest BCUT2D eigenvalue weighted by Gasteiger charge is 2.33. The van der Waals surface area contributed by atoms with Crippen molar-refractivity contribution in [1.29, 1.82) is 0 Å². The number of likely N-dealkylation sites (N-methyl/N-ethyl adjacent to an activating group) is 1. The van der Waals surface area contributed by atoms with Gasteiger partial charge in [0.25, 0.3) is 5.91 Å². The van der Waals surface area contributed by atoms with E-state index >= 15 is 0 Å². The SMILES string of the molecule is CN(C(=O)c1ccc(-c2cnn(C)c2)cc1)[C@@H]1CCN(C(=O)OC(C)(C)C)C1. The highest BCUT2D eigenvalue weighted by atomic mass is 16.6. The number of rotatable bonds is 3. The first-order chi connectivity index (χ1) is 13.1. The number of carbonyl (C=O) groups is 2. The number of hydrogen-bond acceptors (Lipinski definition) is 4. The van der Waals surface area contributed by atoms with E-state index in [1.54, 1.807) is 27.7 Å². The molecule has 0 N–H and O–H groups in total. The van der Waals surface area contributed by atoms with Crippen molar-refractivity contribution in [1.82, 2.24) is 19.6 Å². The maximum atomic E-state index is 12.9. The summed E-state index contributed by atoms with van der Waals surface area (Å²) in [5.41, 5.74) is 2.14. The zero-order valence-electron chi connectivity index (χ0n) is 17.2. The van der Waals surface area contributed by atoms with Crippen molar-refractivity contribution in [3.8, 4) is 11.1 Å². The molecule has 1 saturated heterocycles. The zero-order valence-corrected chi connectivity index (χ0v) is 17.2. The van der Waals surface area contributed by atoms with Crippen LogP contribution in [0, 0.1) is 0 Å². The first-order valence-electron chi connectivity index (χ1n) is 9.48. The lowest BCUT2D eigenvalue weighted by Gasteiger charge is -2.27. The van der Waals surface area contributed by atoms with Gasteiger partial charge in [0.1, 0.15) is 5.60 Å². The van der Waals surface area contributed by atoms with E-state index in [2.05, 4.69) is 5.10 Å². The van der Waals surface area contributed by atoms with Gasteiger partial charge in [0.05, 0.1) is 12.2 Å². The monoisotopic (exact) mass is 384 g/mol. The van der Waals surface area contributed by atoms with Crippen molar-refractivity contribution in [2.24, 2.45) is 7.05 Å². The van der Waals surface area contributed by atoms with Gasteiger partial charge < -0.3 is 14.5 Å². The summed E-state index contributed by atoms with van der Waals surface area (Å²) in [6, 6.07) is 7.52. The van der Waals surface area contributed by atoms with Gasteiger partial charge in [0.15, 0.2) is 0 Å². The van der Waals surface area contributed by atoms with Crippen LogP contribution in [-0.2, 0) is 11.8 Å². The van der Waals surface area contributed by atoms with Crippen molar-refractivity contribution in [3.63, 3.8) is 0 Å². The predicted octanol–water partition coefficient (Wildman–Crippen LogP) is 3.17. The Kier molecular flexibility index (Phi) is 5.45. The summed E-state index contributed by atoms with van der Waals surface area (Å²) in [6.45, 7) is 6.64. The van der Waals surface area contributed by atoms with Gasteiger partial charge in [-0.2, -0.15) is 5.10 Å². The van der Waals surface area contributed by atoms with Gasteiger partial charge in [-0.25, -0.2) is 4.79 Å². The molecule has 1 aromatic carbocycles. The van der Waals surface area contributed by atoms with E-state index in [0.717, 1.165) is 17.5 Å². The quantitative estimate of drug-likeness (QED) is 0.815. The first-order valence-corrected chi connectivity index (χ1v) is 9.48. The number of carbonyl (C=O) groups excluding carboxylic acids is 2. The fourth-order valence-corrected chi connectivity index (χ4v) is 3.30. The zero-order chi connectivity index (χ0) is 20.5. The number of likely N-dealkylation sites (tertiary alicyclic amines) is 1. The molecular formula is C21H28N4O3. The molecular weight excluding hydrogens is 356 g/mol. The molecule has 28 heavy (non-hydrogen) atoms. The van der Waals surface area contributed by atoms with Gasteiger partial charge >= 0.3 is 6.09 Å². The summed E-state index contributed by atoms with van der Waals surface area (Å²) in [6.07, 6.45) is 4.16. The highest BCUT2D eigenvalue weighted by Crippen LogP contribution is 2.22. The molecule has 0 spiro atoms. The molecule has 1 atom stereocenters. The second kappa shape index (κ2) is 7.66. The molecule has 2 amide bonds. The minimum Gasteiger partial charge on any atom is -0.444 e. The Morgan fingerprint density at radius 1 is 1.18 bits per heavy atom. The highest BCUT2D eigenvalue weighted by molar-refractivity contribution is 5.94. The van der Waals surface area contributed by atoms with E-state index in [0.29, 0.717) is 18.7 Å². The van der Waals surface area contributed by atoms with Crippen molar-refractivity contribution >= 4 is 12.0 Å². The molecule has 2 aromatic rings. The molecule has 1 aliphatic rings. The lowest BCUT2D eigenvalue weighted by Crippen LogP contribution is -2.41. The van der Waals surface area contributed by atoms with Crippen LogP contribution in [-0.4, -0.2) is 63.4 Å². The summed E-state index contributed by atoms with van der Waals surface area (Å²) >= 11 is 0. The van der Waals surface area contributed by atoms with Crippen molar-refractivity contribution in [2.45, 2.75) is 38.8 Å². The molecule has 0 bridgehead atoms. The Morgan fingerprint density at radius 2 is 1.86 bits per heavy atom. The normalized spacial score (nSPS) is 16.9. The third-order valence-corrected chi connectivity index (χ3v) is 4.85. The number of aryl methyl sites for hydroxylation is 1. The van der Waals surface area contributed by atoms with Gasteiger partial charge in [0.2, 0.25) is 0 Å². The van der Waals surface area contributed by atoms with Crippen LogP contribution in [0.5, 0.6) is 0 Å². The maximum absolute atomic E-state index is 12.9. The lowest BCUT2D eigenvalue weighted by atomic mass is 10.1. The standard InChI is InChI=1S/C21H28N4O3/c1-21(2,3)28-20(27)25-11-10-18(14-25)24(5)19(26)16-8-6-15(7-9-16)17-12-22-23(4)13-17/h6-9,12-13,18H,10-11,14H2,1-5H3/t18-/m1/s1. The van der Waals surface area contributed by atoms with Crippen LogP contribution in [0.1, 0.15) is 37.6 Å². The number of ether oxygens (including phenoxy) is 1. The molecule has 3 rings (SSSR count). The lowest BCUT2D eigenvalue weighted by molar-refractivity contribution is 0.0279. The van der Waals surface area contributed by atoms with Crippen LogP contribution >= 0.6 is 0 Å². The van der Waals surface area contributed by atoms with E-state index in [1.807, 2.05) is 58.3 Å². The third kappa shape index (κ3) is 4.52. The second-order valence-electron chi connectivity index (χ2n) is 8.26. The smallest absolute Gasteiger partial charge is 0.410 e. The van der Waals surface area contributed by atoms with Gasteiger partial charge in [0, 0.05) is 44.5 Å². The second-order valence-corrected chi connectivity index (χ2v) is 8.26. The van der Waals surface area contributed by atoms with E-state index in [4.69, 9.17) is 4.74 Å². The largest absolute Gasteiger partial charge is 0.444 e. The van der Waals surface area contributed by atoms with Crippen LogP contribution < -0.4 is 0 Å². The molecule has 1 aromatic heterocycles. The van der Waals surface area contributed by atoms with Crippen LogP contribution in [0.3, 0.4) is 0 Å². The Hall–Kier alpha value is -2.83. The Balaban J connectivity index is 1.62. The molecule has 0 aliphatic carbocycles. The first kappa shape index (κ1) is 19.9. The van der Waals surface area contributed by atoms with Crippen LogP contribution in [0.2, 0.25) is 0 Å². The van der Waals surface area contributed by atoms with Crippen molar-refractivity contribution in [3.05, 3.63) is 42.2 Å². The summed E-state index contributed by atoms with van der Waals surface area (Å²) in [5, 5.41) is 4.17. The average Bonchev–Trinajstić information content (AvgIpc) is 3.28. The van der Waals surface area contributed by atoms with Gasteiger partial charge in [-0.05, 0) is 44.9 Å².